The summed E-state index contributed by atoms with van der Waals surface area (Å²) in [6.45, 7) is 5.17. The minimum atomic E-state index is -0.196. The van der Waals surface area contributed by atoms with Crippen molar-refractivity contribution < 1.29 is 14.3 Å². The molecule has 0 saturated carbocycles. The van der Waals surface area contributed by atoms with Crippen LogP contribution in [0, 0.1) is 0 Å². The molecule has 1 aliphatic rings. The molecule has 1 aromatic heterocycles. The topological polar surface area (TPSA) is 79.8 Å². The Kier molecular flexibility index (Phi) is 7.57. The highest BCUT2D eigenvalue weighted by molar-refractivity contribution is 5.89. The summed E-state index contributed by atoms with van der Waals surface area (Å²) in [5.74, 6) is 2.30. The Balaban J connectivity index is 1.38. The minimum absolute atomic E-state index is 0.196. The fraction of sp³-hybridized carbons (Fsp3) is 0.400. The molecule has 1 fully saturated rings. The normalized spacial score (nSPS) is 14.3. The van der Waals surface area contributed by atoms with Crippen LogP contribution in [-0.2, 0) is 16.1 Å². The highest BCUT2D eigenvalue weighted by Crippen LogP contribution is 2.23. The first-order valence-electron chi connectivity index (χ1n) is 11.3. The second-order valence-electron chi connectivity index (χ2n) is 8.07. The van der Waals surface area contributed by atoms with Gasteiger partial charge in [-0.2, -0.15) is 0 Å². The van der Waals surface area contributed by atoms with E-state index < -0.39 is 0 Å². The van der Waals surface area contributed by atoms with Crippen LogP contribution in [0.5, 0.6) is 5.75 Å². The number of hydrogen-bond donors (Lipinski definition) is 1. The fourth-order valence-electron chi connectivity index (χ4n) is 4.03. The molecule has 0 unspecified atom stereocenters. The van der Waals surface area contributed by atoms with E-state index in [1.807, 2.05) is 36.4 Å². The van der Waals surface area contributed by atoms with Crippen LogP contribution >= 0.6 is 0 Å². The second-order valence-corrected chi connectivity index (χ2v) is 8.07. The minimum Gasteiger partial charge on any atom is -0.497 e. The lowest BCUT2D eigenvalue weighted by Crippen LogP contribution is -2.46. The second kappa shape index (κ2) is 11.0. The third-order valence-corrected chi connectivity index (χ3v) is 5.90. The van der Waals surface area contributed by atoms with Crippen LogP contribution in [0.1, 0.15) is 18.7 Å². The lowest BCUT2D eigenvalue weighted by molar-refractivity contribution is -0.140. The number of fused-ring (bicyclic) bond motifs is 1. The van der Waals surface area contributed by atoms with Crippen molar-refractivity contribution in [2.45, 2.75) is 19.4 Å². The molecule has 8 heteroatoms. The van der Waals surface area contributed by atoms with Gasteiger partial charge in [0.2, 0.25) is 0 Å². The molecule has 4 rings (SSSR count). The lowest BCUT2D eigenvalue weighted by Gasteiger charge is -2.35. The zero-order valence-corrected chi connectivity index (χ0v) is 19.3. The van der Waals surface area contributed by atoms with Gasteiger partial charge in [0.05, 0.1) is 26.3 Å². The maximum Gasteiger partial charge on any atom is 0.305 e. The van der Waals surface area contributed by atoms with Crippen molar-refractivity contribution in [3.05, 3.63) is 54.4 Å². The van der Waals surface area contributed by atoms with E-state index in [0.717, 1.165) is 54.5 Å². The van der Waals surface area contributed by atoms with Crippen LogP contribution in [0.2, 0.25) is 0 Å². The van der Waals surface area contributed by atoms with Crippen molar-refractivity contribution in [3.8, 4) is 5.75 Å². The number of carbonyl (C=O) groups is 1. The standard InChI is InChI=1S/C25H31N5O3/c1-32-20-11-9-19(10-12-20)30-16-14-29(15-17-30)18-23-27-22-7-4-3-6-21(22)25(28-23)26-13-5-8-24(31)33-2/h3-4,6-7,9-12H,5,8,13-18H2,1-2H3,(H,26,27,28). The van der Waals surface area contributed by atoms with Gasteiger partial charge in [0, 0.05) is 50.2 Å². The Hall–Kier alpha value is -3.39. The van der Waals surface area contributed by atoms with Gasteiger partial charge in [0.15, 0.2) is 0 Å². The smallest absolute Gasteiger partial charge is 0.305 e. The fourth-order valence-corrected chi connectivity index (χ4v) is 4.03. The number of piperazine rings is 1. The summed E-state index contributed by atoms with van der Waals surface area (Å²) in [6.07, 6.45) is 1.07. The number of hydrogen-bond acceptors (Lipinski definition) is 8. The number of ether oxygens (including phenoxy) is 2. The van der Waals surface area contributed by atoms with Gasteiger partial charge in [0.1, 0.15) is 17.4 Å². The maximum absolute atomic E-state index is 11.4. The predicted octanol–water partition coefficient (Wildman–Crippen LogP) is 3.33. The zero-order valence-electron chi connectivity index (χ0n) is 19.3. The first-order chi connectivity index (χ1) is 16.2. The Labute approximate surface area is 194 Å². The van der Waals surface area contributed by atoms with Crippen molar-refractivity contribution in [1.29, 1.82) is 0 Å². The first kappa shape index (κ1) is 22.8. The van der Waals surface area contributed by atoms with Crippen LogP contribution in [0.25, 0.3) is 10.9 Å². The van der Waals surface area contributed by atoms with Crippen LogP contribution in [0.15, 0.2) is 48.5 Å². The third kappa shape index (κ3) is 5.90. The summed E-state index contributed by atoms with van der Waals surface area (Å²) in [5.41, 5.74) is 2.14. The number of rotatable bonds is 9. The molecule has 2 aromatic carbocycles. The molecule has 0 atom stereocenters. The molecule has 0 aliphatic carbocycles. The van der Waals surface area contributed by atoms with Gasteiger partial charge in [-0.05, 0) is 42.8 Å². The van der Waals surface area contributed by atoms with E-state index in [0.29, 0.717) is 25.9 Å². The Morgan fingerprint density at radius 1 is 1.00 bits per heavy atom. The molecule has 1 N–H and O–H groups in total. The number of methoxy groups -OCH3 is 2. The van der Waals surface area contributed by atoms with Crippen LogP contribution in [-0.4, -0.2) is 67.8 Å². The summed E-state index contributed by atoms with van der Waals surface area (Å²) in [7, 11) is 3.10. The number of carbonyl (C=O) groups excluding carboxylic acids is 1. The zero-order chi connectivity index (χ0) is 23.0. The third-order valence-electron chi connectivity index (χ3n) is 5.90. The van der Waals surface area contributed by atoms with Crippen LogP contribution in [0.4, 0.5) is 11.5 Å². The number of aromatic nitrogens is 2. The molecular weight excluding hydrogens is 418 g/mol. The molecule has 2 heterocycles. The SMILES string of the molecule is COC(=O)CCCNc1nc(CN2CCN(c3ccc(OC)cc3)CC2)nc2ccccc12. The number of benzene rings is 2. The summed E-state index contributed by atoms with van der Waals surface area (Å²) in [4.78, 5) is 25.8. The van der Waals surface area contributed by atoms with E-state index in [4.69, 9.17) is 19.4 Å². The highest BCUT2D eigenvalue weighted by Gasteiger charge is 2.19. The van der Waals surface area contributed by atoms with Gasteiger partial charge in [-0.3, -0.25) is 9.69 Å². The summed E-state index contributed by atoms with van der Waals surface area (Å²) in [6, 6.07) is 16.3. The number of esters is 1. The number of para-hydroxylation sites is 1. The number of nitrogens with one attached hydrogen (secondary N) is 1. The Bertz CT molecular complexity index is 1070. The number of nitrogens with zero attached hydrogens (tertiary/aromatic N) is 4. The molecule has 33 heavy (non-hydrogen) atoms. The largest absolute Gasteiger partial charge is 0.497 e. The molecule has 3 aromatic rings. The van der Waals surface area contributed by atoms with Crippen molar-refractivity contribution in [1.82, 2.24) is 14.9 Å². The summed E-state index contributed by atoms with van der Waals surface area (Å²) < 4.78 is 9.98. The Morgan fingerprint density at radius 2 is 1.76 bits per heavy atom. The van der Waals surface area contributed by atoms with Crippen molar-refractivity contribution >= 4 is 28.4 Å². The van der Waals surface area contributed by atoms with Gasteiger partial charge >= 0.3 is 5.97 Å². The molecule has 0 bridgehead atoms. The molecule has 1 aliphatic heterocycles. The van der Waals surface area contributed by atoms with E-state index in [9.17, 15) is 4.79 Å². The van der Waals surface area contributed by atoms with Gasteiger partial charge < -0.3 is 19.7 Å². The van der Waals surface area contributed by atoms with E-state index in [1.165, 1.54) is 12.8 Å². The van der Waals surface area contributed by atoms with Gasteiger partial charge in [-0.25, -0.2) is 9.97 Å². The van der Waals surface area contributed by atoms with E-state index in [1.54, 1.807) is 7.11 Å². The number of anilines is 2. The quantitative estimate of drug-likeness (QED) is 0.394. The molecule has 0 radical (unpaired) electrons. The van der Waals surface area contributed by atoms with E-state index >= 15 is 0 Å². The molecule has 174 valence electrons. The average molecular weight is 450 g/mol. The first-order valence-corrected chi connectivity index (χ1v) is 11.3. The lowest BCUT2D eigenvalue weighted by atomic mass is 10.2. The van der Waals surface area contributed by atoms with Gasteiger partial charge in [0.25, 0.3) is 0 Å². The molecule has 1 saturated heterocycles. The summed E-state index contributed by atoms with van der Waals surface area (Å²) >= 11 is 0. The van der Waals surface area contributed by atoms with E-state index in [2.05, 4.69) is 27.2 Å². The molecular formula is C25H31N5O3. The van der Waals surface area contributed by atoms with Crippen molar-refractivity contribution in [3.63, 3.8) is 0 Å². The van der Waals surface area contributed by atoms with Gasteiger partial charge in [-0.15, -0.1) is 0 Å². The van der Waals surface area contributed by atoms with Crippen molar-refractivity contribution in [2.24, 2.45) is 0 Å². The van der Waals surface area contributed by atoms with Crippen molar-refractivity contribution in [2.75, 3.05) is 57.2 Å². The predicted molar refractivity (Wildman–Crippen MR) is 130 cm³/mol. The molecule has 0 amide bonds. The monoisotopic (exact) mass is 449 g/mol. The average Bonchev–Trinajstić information content (AvgIpc) is 2.87. The molecule has 8 nitrogen and oxygen atoms in total. The van der Waals surface area contributed by atoms with Gasteiger partial charge in [-0.1, -0.05) is 12.1 Å². The molecule has 0 spiro atoms. The Morgan fingerprint density at radius 3 is 2.48 bits per heavy atom. The highest BCUT2D eigenvalue weighted by atomic mass is 16.5. The maximum atomic E-state index is 11.4. The van der Waals surface area contributed by atoms with Crippen LogP contribution in [0.3, 0.4) is 0 Å². The van der Waals surface area contributed by atoms with E-state index in [-0.39, 0.29) is 5.97 Å². The van der Waals surface area contributed by atoms with Crippen LogP contribution < -0.4 is 15.0 Å². The summed E-state index contributed by atoms with van der Waals surface area (Å²) in [5, 5.41) is 4.38.